The molecule has 0 radical (unpaired) electrons. The molecule has 30 heavy (non-hydrogen) atoms. The predicted octanol–water partition coefficient (Wildman–Crippen LogP) is 5.47. The highest BCUT2D eigenvalue weighted by Crippen LogP contribution is 2.36. The summed E-state index contributed by atoms with van der Waals surface area (Å²) in [6, 6.07) is 19.8. The lowest BCUT2D eigenvalue weighted by Crippen LogP contribution is -2.13. The number of nitrogens with one attached hydrogen (secondary N) is 2. The second-order valence-electron chi connectivity index (χ2n) is 6.68. The van der Waals surface area contributed by atoms with Crippen molar-refractivity contribution in [2.24, 2.45) is 0 Å². The fourth-order valence-corrected chi connectivity index (χ4v) is 3.24. The number of aromatic nitrogens is 1. The first-order valence-corrected chi connectivity index (χ1v) is 9.03. The van der Waals surface area contributed by atoms with Crippen molar-refractivity contribution in [3.63, 3.8) is 0 Å². The number of anilines is 1. The maximum absolute atomic E-state index is 13.3. The van der Waals surface area contributed by atoms with E-state index in [-0.39, 0.29) is 22.6 Å². The van der Waals surface area contributed by atoms with Crippen LogP contribution in [0.15, 0.2) is 83.7 Å². The number of rotatable bonds is 3. The summed E-state index contributed by atoms with van der Waals surface area (Å²) in [5.74, 6) is -0.331. The molecule has 0 spiro atoms. The fraction of sp³-hybridized carbons (Fsp3) is 0.0435. The van der Waals surface area contributed by atoms with Crippen molar-refractivity contribution in [1.82, 2.24) is 4.98 Å². The molecule has 1 heterocycles. The Bertz CT molecular complexity index is 1300. The van der Waals surface area contributed by atoms with E-state index in [1.54, 1.807) is 42.5 Å². The molecule has 150 valence electrons. The summed E-state index contributed by atoms with van der Waals surface area (Å²) in [4.78, 5) is 27.4. The van der Waals surface area contributed by atoms with Crippen molar-refractivity contribution >= 4 is 22.4 Å². The zero-order chi connectivity index (χ0) is 21.3. The summed E-state index contributed by atoms with van der Waals surface area (Å²) < 4.78 is 40.0. The Labute approximate surface area is 169 Å². The average molecular weight is 408 g/mol. The van der Waals surface area contributed by atoms with E-state index in [9.17, 15) is 22.8 Å². The van der Waals surface area contributed by atoms with Gasteiger partial charge in [0.25, 0.3) is 11.5 Å². The fourth-order valence-electron chi connectivity index (χ4n) is 3.24. The minimum absolute atomic E-state index is 0.0708. The molecule has 4 nitrogen and oxygen atoms in total. The van der Waals surface area contributed by atoms with Crippen LogP contribution in [-0.2, 0) is 6.18 Å². The third-order valence-corrected chi connectivity index (χ3v) is 4.66. The van der Waals surface area contributed by atoms with Crippen LogP contribution in [0.3, 0.4) is 0 Å². The topological polar surface area (TPSA) is 62.0 Å². The number of fused-ring (bicyclic) bond motifs is 1. The van der Waals surface area contributed by atoms with E-state index < -0.39 is 17.3 Å². The Hall–Kier alpha value is -3.87. The first kappa shape index (κ1) is 19.4. The molecular weight excluding hydrogens is 393 g/mol. The Morgan fingerprint density at radius 2 is 1.57 bits per heavy atom. The molecular formula is C23H15F3N2O2. The predicted molar refractivity (Wildman–Crippen MR) is 109 cm³/mol. The number of hydrogen-bond acceptors (Lipinski definition) is 2. The monoisotopic (exact) mass is 408 g/mol. The molecule has 0 saturated heterocycles. The largest absolute Gasteiger partial charge is 0.417 e. The lowest BCUT2D eigenvalue weighted by atomic mass is 10.0. The number of alkyl halides is 3. The molecule has 4 rings (SSSR count). The maximum Gasteiger partial charge on any atom is 0.417 e. The lowest BCUT2D eigenvalue weighted by molar-refractivity contribution is -0.137. The van der Waals surface area contributed by atoms with Gasteiger partial charge >= 0.3 is 6.18 Å². The van der Waals surface area contributed by atoms with E-state index in [1.165, 1.54) is 30.3 Å². The summed E-state index contributed by atoms with van der Waals surface area (Å²) in [5, 5.41) is 3.43. The zero-order valence-corrected chi connectivity index (χ0v) is 15.5. The van der Waals surface area contributed by atoms with Crippen molar-refractivity contribution < 1.29 is 18.0 Å². The van der Waals surface area contributed by atoms with Gasteiger partial charge < -0.3 is 10.3 Å². The van der Waals surface area contributed by atoms with E-state index in [2.05, 4.69) is 10.3 Å². The van der Waals surface area contributed by atoms with Gasteiger partial charge in [-0.25, -0.2) is 0 Å². The highest BCUT2D eigenvalue weighted by molar-refractivity contribution is 6.05. The molecule has 0 aliphatic heterocycles. The molecule has 0 aliphatic carbocycles. The quantitative estimate of drug-likeness (QED) is 0.472. The lowest BCUT2D eigenvalue weighted by Gasteiger charge is -2.13. The average Bonchev–Trinajstić information content (AvgIpc) is 2.74. The highest BCUT2D eigenvalue weighted by Gasteiger charge is 2.33. The molecule has 4 aromatic rings. The first-order chi connectivity index (χ1) is 14.3. The maximum atomic E-state index is 13.3. The van der Waals surface area contributed by atoms with Crippen LogP contribution < -0.4 is 10.9 Å². The van der Waals surface area contributed by atoms with Crippen LogP contribution in [0.25, 0.3) is 22.0 Å². The molecule has 0 saturated carbocycles. The highest BCUT2D eigenvalue weighted by atomic mass is 19.4. The minimum Gasteiger partial charge on any atom is -0.322 e. The molecule has 0 fully saturated rings. The van der Waals surface area contributed by atoms with E-state index in [0.717, 1.165) is 6.07 Å². The minimum atomic E-state index is -4.55. The van der Waals surface area contributed by atoms with E-state index in [4.69, 9.17) is 0 Å². The number of halogens is 3. The number of hydrogen-bond donors (Lipinski definition) is 2. The SMILES string of the molecule is O=C(Nc1ccc2cc(-c3ccccc3C(F)(F)F)[nH]c(=O)c2c1)c1ccccc1. The number of carbonyl (C=O) groups excluding carboxylic acids is 1. The Morgan fingerprint density at radius 3 is 2.30 bits per heavy atom. The van der Waals surface area contributed by atoms with Crippen LogP contribution >= 0.6 is 0 Å². The van der Waals surface area contributed by atoms with Gasteiger partial charge in [0, 0.05) is 27.9 Å². The molecule has 1 amide bonds. The molecule has 3 aromatic carbocycles. The normalized spacial score (nSPS) is 11.4. The Morgan fingerprint density at radius 1 is 0.867 bits per heavy atom. The van der Waals surface area contributed by atoms with E-state index in [0.29, 0.717) is 16.6 Å². The van der Waals surface area contributed by atoms with Crippen LogP contribution in [0.1, 0.15) is 15.9 Å². The van der Waals surface area contributed by atoms with Crippen LogP contribution in [0.4, 0.5) is 18.9 Å². The van der Waals surface area contributed by atoms with Gasteiger partial charge in [-0.05, 0) is 41.8 Å². The number of aromatic amines is 1. The first-order valence-electron chi connectivity index (χ1n) is 9.03. The van der Waals surface area contributed by atoms with Gasteiger partial charge in [0.05, 0.1) is 5.56 Å². The van der Waals surface area contributed by atoms with Gasteiger partial charge in [-0.15, -0.1) is 0 Å². The number of amides is 1. The summed E-state index contributed by atoms with van der Waals surface area (Å²) in [5.41, 5.74) is -0.537. The molecule has 1 aromatic heterocycles. The van der Waals surface area contributed by atoms with Gasteiger partial charge in [-0.3, -0.25) is 9.59 Å². The summed E-state index contributed by atoms with van der Waals surface area (Å²) in [6.45, 7) is 0. The van der Waals surface area contributed by atoms with Crippen LogP contribution in [0, 0.1) is 0 Å². The summed E-state index contributed by atoms with van der Waals surface area (Å²) in [7, 11) is 0. The number of H-pyrrole nitrogens is 1. The van der Waals surface area contributed by atoms with Crippen molar-refractivity contribution in [3.8, 4) is 11.3 Å². The van der Waals surface area contributed by atoms with Gasteiger partial charge in [0.15, 0.2) is 0 Å². The molecule has 0 bridgehead atoms. The molecule has 2 N–H and O–H groups in total. The molecule has 7 heteroatoms. The second-order valence-corrected chi connectivity index (χ2v) is 6.68. The summed E-state index contributed by atoms with van der Waals surface area (Å²) in [6.07, 6.45) is -4.55. The smallest absolute Gasteiger partial charge is 0.322 e. The molecule has 0 unspecified atom stereocenters. The third kappa shape index (κ3) is 3.82. The van der Waals surface area contributed by atoms with Crippen LogP contribution in [0.5, 0.6) is 0 Å². The van der Waals surface area contributed by atoms with Gasteiger partial charge in [0.1, 0.15) is 0 Å². The standard InChI is InChI=1S/C23H15F3N2O2/c24-23(25,26)19-9-5-4-8-17(19)20-12-15-10-11-16(13-18(15)22(30)28-20)27-21(29)14-6-2-1-3-7-14/h1-13H,(H,27,29)(H,28,30). The number of carbonyl (C=O) groups is 1. The number of pyridine rings is 1. The molecule has 0 aliphatic rings. The van der Waals surface area contributed by atoms with Crippen LogP contribution in [-0.4, -0.2) is 10.9 Å². The molecule has 0 atom stereocenters. The van der Waals surface area contributed by atoms with Crippen molar-refractivity contribution in [2.75, 3.05) is 5.32 Å². The number of benzene rings is 3. The third-order valence-electron chi connectivity index (χ3n) is 4.66. The van der Waals surface area contributed by atoms with Gasteiger partial charge in [-0.2, -0.15) is 13.2 Å². The van der Waals surface area contributed by atoms with E-state index >= 15 is 0 Å². The van der Waals surface area contributed by atoms with Gasteiger partial charge in [-0.1, -0.05) is 42.5 Å². The second kappa shape index (κ2) is 7.51. The van der Waals surface area contributed by atoms with E-state index in [1.807, 2.05) is 0 Å². The van der Waals surface area contributed by atoms with Crippen molar-refractivity contribution in [2.45, 2.75) is 6.18 Å². The van der Waals surface area contributed by atoms with Crippen LogP contribution in [0.2, 0.25) is 0 Å². The zero-order valence-electron chi connectivity index (χ0n) is 15.5. The summed E-state index contributed by atoms with van der Waals surface area (Å²) >= 11 is 0. The Balaban J connectivity index is 1.73. The van der Waals surface area contributed by atoms with Crippen molar-refractivity contribution in [1.29, 1.82) is 0 Å². The van der Waals surface area contributed by atoms with Gasteiger partial charge in [0.2, 0.25) is 0 Å². The Kier molecular flexibility index (Phi) is 4.87. The van der Waals surface area contributed by atoms with Crippen molar-refractivity contribution in [3.05, 3.63) is 100 Å².